The number of phenols is 1. The van der Waals surface area contributed by atoms with Gasteiger partial charge in [0.2, 0.25) is 0 Å². The van der Waals surface area contributed by atoms with E-state index in [0.29, 0.717) is 24.0 Å². The maximum Gasteiger partial charge on any atom is 0.336 e. The molecule has 25 heavy (non-hydrogen) atoms. The average Bonchev–Trinajstić information content (AvgIpc) is 2.61. The number of benzene rings is 1. The first-order valence-corrected chi connectivity index (χ1v) is 8.79. The maximum absolute atomic E-state index is 12.7. The number of ether oxygens (including phenoxy) is 1. The van der Waals surface area contributed by atoms with Crippen LogP contribution >= 0.6 is 0 Å². The van der Waals surface area contributed by atoms with E-state index in [-0.39, 0.29) is 18.1 Å². The molecule has 0 spiro atoms. The van der Waals surface area contributed by atoms with Gasteiger partial charge in [-0.25, -0.2) is 4.79 Å². The Balaban J connectivity index is 2.18. The summed E-state index contributed by atoms with van der Waals surface area (Å²) in [4.78, 5) is 25.4. The van der Waals surface area contributed by atoms with Gasteiger partial charge in [0, 0.05) is 29.3 Å². The number of nitrogens with one attached hydrogen (secondary N) is 1. The van der Waals surface area contributed by atoms with Gasteiger partial charge in [0.15, 0.2) is 5.78 Å². The predicted molar refractivity (Wildman–Crippen MR) is 93.8 cm³/mol. The van der Waals surface area contributed by atoms with Crippen molar-refractivity contribution in [2.24, 2.45) is 0 Å². The number of allylic oxidation sites excluding steroid dienone is 3. The van der Waals surface area contributed by atoms with Gasteiger partial charge < -0.3 is 15.2 Å². The SMILES string of the molecule is CCOC(=O)C1=C(CC)NC2=C(C(=O)CCC2)[C@@H]1c1ccc(O)cc1. The topological polar surface area (TPSA) is 75.6 Å². The Morgan fingerprint density at radius 3 is 2.60 bits per heavy atom. The summed E-state index contributed by atoms with van der Waals surface area (Å²) in [6, 6.07) is 6.70. The smallest absolute Gasteiger partial charge is 0.336 e. The van der Waals surface area contributed by atoms with Crippen molar-refractivity contribution in [3.63, 3.8) is 0 Å². The molecule has 3 rings (SSSR count). The molecule has 5 nitrogen and oxygen atoms in total. The van der Waals surface area contributed by atoms with E-state index in [1.165, 1.54) is 0 Å². The number of carbonyl (C=O) groups excluding carboxylic acids is 2. The van der Waals surface area contributed by atoms with Gasteiger partial charge in [-0.1, -0.05) is 19.1 Å². The normalized spacial score (nSPS) is 20.2. The molecule has 0 amide bonds. The Labute approximate surface area is 147 Å². The van der Waals surface area contributed by atoms with Gasteiger partial charge in [0.25, 0.3) is 0 Å². The molecule has 1 aromatic carbocycles. The molecule has 2 N–H and O–H groups in total. The Morgan fingerprint density at radius 2 is 1.96 bits per heavy atom. The van der Waals surface area contributed by atoms with Crippen LogP contribution in [0, 0.1) is 0 Å². The Morgan fingerprint density at radius 1 is 1.24 bits per heavy atom. The highest BCUT2D eigenvalue weighted by atomic mass is 16.5. The van der Waals surface area contributed by atoms with Crippen LogP contribution in [0.5, 0.6) is 5.75 Å². The fraction of sp³-hybridized carbons (Fsp3) is 0.400. The van der Waals surface area contributed by atoms with Crippen LogP contribution in [0.25, 0.3) is 0 Å². The summed E-state index contributed by atoms with van der Waals surface area (Å²) in [5, 5.41) is 12.9. The van der Waals surface area contributed by atoms with Crippen LogP contribution in [0.15, 0.2) is 46.8 Å². The minimum atomic E-state index is -0.446. The molecule has 2 aliphatic rings. The highest BCUT2D eigenvalue weighted by Gasteiger charge is 2.39. The van der Waals surface area contributed by atoms with Gasteiger partial charge >= 0.3 is 5.97 Å². The zero-order valence-electron chi connectivity index (χ0n) is 14.6. The number of esters is 1. The van der Waals surface area contributed by atoms with Gasteiger partial charge in [0.1, 0.15) is 5.75 Å². The first-order chi connectivity index (χ1) is 12.1. The van der Waals surface area contributed by atoms with E-state index in [9.17, 15) is 14.7 Å². The number of phenolic OH excluding ortho intramolecular Hbond substituents is 1. The van der Waals surface area contributed by atoms with Gasteiger partial charge in [-0.15, -0.1) is 0 Å². The third kappa shape index (κ3) is 3.18. The summed E-state index contributed by atoms with van der Waals surface area (Å²) in [6.07, 6.45) is 2.76. The maximum atomic E-state index is 12.7. The number of aromatic hydroxyl groups is 1. The van der Waals surface area contributed by atoms with Crippen molar-refractivity contribution in [2.75, 3.05) is 6.61 Å². The van der Waals surface area contributed by atoms with Crippen LogP contribution in [-0.4, -0.2) is 23.5 Å². The van der Waals surface area contributed by atoms with Crippen LogP contribution in [0.2, 0.25) is 0 Å². The van der Waals surface area contributed by atoms with E-state index in [4.69, 9.17) is 4.74 Å². The Hall–Kier alpha value is -2.56. The fourth-order valence-electron chi connectivity index (χ4n) is 3.63. The van der Waals surface area contributed by atoms with Crippen LogP contribution < -0.4 is 5.32 Å². The van der Waals surface area contributed by atoms with E-state index in [2.05, 4.69) is 5.32 Å². The molecule has 132 valence electrons. The largest absolute Gasteiger partial charge is 0.508 e. The second-order valence-corrected chi connectivity index (χ2v) is 6.28. The second kappa shape index (κ2) is 7.13. The van der Waals surface area contributed by atoms with Crippen LogP contribution in [0.4, 0.5) is 0 Å². The van der Waals surface area contributed by atoms with Crippen molar-refractivity contribution in [1.29, 1.82) is 0 Å². The highest BCUT2D eigenvalue weighted by molar-refractivity contribution is 6.03. The minimum Gasteiger partial charge on any atom is -0.508 e. The van der Waals surface area contributed by atoms with Crippen LogP contribution in [0.1, 0.15) is 51.0 Å². The average molecular weight is 341 g/mol. The van der Waals surface area contributed by atoms with Crippen molar-refractivity contribution < 1.29 is 19.4 Å². The van der Waals surface area contributed by atoms with E-state index >= 15 is 0 Å². The number of carbonyl (C=O) groups is 2. The van der Waals surface area contributed by atoms with Crippen molar-refractivity contribution in [1.82, 2.24) is 5.32 Å². The second-order valence-electron chi connectivity index (χ2n) is 6.28. The van der Waals surface area contributed by atoms with Crippen molar-refractivity contribution in [2.45, 2.75) is 45.4 Å². The molecule has 0 bridgehead atoms. The lowest BCUT2D eigenvalue weighted by molar-refractivity contribution is -0.138. The van der Waals surface area contributed by atoms with Crippen LogP contribution in [-0.2, 0) is 14.3 Å². The summed E-state index contributed by atoms with van der Waals surface area (Å²) in [5.74, 6) is -0.614. The van der Waals surface area contributed by atoms with Gasteiger partial charge in [-0.2, -0.15) is 0 Å². The zero-order valence-corrected chi connectivity index (χ0v) is 14.6. The van der Waals surface area contributed by atoms with E-state index in [0.717, 1.165) is 29.8 Å². The molecule has 0 saturated carbocycles. The third-order valence-corrected chi connectivity index (χ3v) is 4.74. The molecule has 0 unspecified atom stereocenters. The lowest BCUT2D eigenvalue weighted by Crippen LogP contribution is -2.35. The standard InChI is InChI=1S/C20H23NO4/c1-3-14-19(20(24)25-4-2)17(12-8-10-13(22)11-9-12)18-15(21-14)6-5-7-16(18)23/h8-11,17,21-22H,3-7H2,1-2H3/t17-/m0/s1. The number of Topliss-reactive ketones (excluding diaryl/α,β-unsaturated/α-hetero) is 1. The molecule has 0 fully saturated rings. The van der Waals surface area contributed by atoms with Crippen molar-refractivity contribution >= 4 is 11.8 Å². The lowest BCUT2D eigenvalue weighted by atomic mass is 9.75. The molecule has 0 radical (unpaired) electrons. The predicted octanol–water partition coefficient (Wildman–Crippen LogP) is 3.31. The molecular formula is C20H23NO4. The van der Waals surface area contributed by atoms with Crippen molar-refractivity contribution in [3.05, 3.63) is 52.4 Å². The van der Waals surface area contributed by atoms with Gasteiger partial charge in [0.05, 0.1) is 12.2 Å². The van der Waals surface area contributed by atoms with Gasteiger partial charge in [-0.3, -0.25) is 4.79 Å². The summed E-state index contributed by atoms with van der Waals surface area (Å²) in [5.41, 5.74) is 3.71. The number of rotatable bonds is 4. The van der Waals surface area contributed by atoms with E-state index < -0.39 is 11.9 Å². The van der Waals surface area contributed by atoms with Crippen LogP contribution in [0.3, 0.4) is 0 Å². The molecule has 1 aromatic rings. The Bertz CT molecular complexity index is 758. The highest BCUT2D eigenvalue weighted by Crippen LogP contribution is 2.43. The van der Waals surface area contributed by atoms with E-state index in [1.54, 1.807) is 31.2 Å². The summed E-state index contributed by atoms with van der Waals surface area (Å²) in [6.45, 7) is 4.03. The quantitative estimate of drug-likeness (QED) is 0.822. The number of ketones is 1. The summed E-state index contributed by atoms with van der Waals surface area (Å²) < 4.78 is 5.28. The molecule has 1 aliphatic carbocycles. The molecule has 0 saturated heterocycles. The van der Waals surface area contributed by atoms with E-state index in [1.807, 2.05) is 6.92 Å². The summed E-state index contributed by atoms with van der Waals surface area (Å²) >= 11 is 0. The number of hydrogen-bond acceptors (Lipinski definition) is 5. The first kappa shape index (κ1) is 17.3. The van der Waals surface area contributed by atoms with Gasteiger partial charge in [-0.05, 0) is 43.9 Å². The van der Waals surface area contributed by atoms with Crippen molar-refractivity contribution in [3.8, 4) is 5.75 Å². The lowest BCUT2D eigenvalue weighted by Gasteiger charge is -2.34. The molecule has 1 aliphatic heterocycles. The molecule has 5 heteroatoms. The fourth-order valence-corrected chi connectivity index (χ4v) is 3.63. The molecule has 1 heterocycles. The third-order valence-electron chi connectivity index (χ3n) is 4.74. The summed E-state index contributed by atoms with van der Waals surface area (Å²) in [7, 11) is 0. The zero-order chi connectivity index (χ0) is 18.0. The molecular weight excluding hydrogens is 318 g/mol. The minimum absolute atomic E-state index is 0.0729. The molecule has 0 aromatic heterocycles. The monoisotopic (exact) mass is 341 g/mol. The first-order valence-electron chi connectivity index (χ1n) is 8.79. The number of hydrogen-bond donors (Lipinski definition) is 2. The molecule has 1 atom stereocenters. The number of dihydropyridines is 1. The Kier molecular flexibility index (Phi) is 4.93.